The van der Waals surface area contributed by atoms with Crippen LogP contribution in [0.15, 0.2) is 0 Å². The highest BCUT2D eigenvalue weighted by Crippen LogP contribution is 2.33. The molecule has 2 aliphatic rings. The van der Waals surface area contributed by atoms with Crippen molar-refractivity contribution < 1.29 is 90.5 Å². The van der Waals surface area contributed by atoms with Crippen molar-refractivity contribution in [3.63, 3.8) is 0 Å². The van der Waals surface area contributed by atoms with Crippen LogP contribution in [0.4, 0.5) is 0 Å². The highest BCUT2D eigenvalue weighted by atomic mass is 16.8. The van der Waals surface area contributed by atoms with Gasteiger partial charge < -0.3 is 52.1 Å². The Morgan fingerprint density at radius 3 is 1.09 bits per heavy atom. The molecule has 19 heteroatoms. The normalized spacial score (nSPS) is 30.0. The zero-order valence-corrected chi connectivity index (χ0v) is 26.9. The minimum atomic E-state index is -1.71. The van der Waals surface area contributed by atoms with Gasteiger partial charge in [0.25, 0.3) is 0 Å². The summed E-state index contributed by atoms with van der Waals surface area (Å²) in [5.74, 6) is -6.93. The van der Waals surface area contributed by atoms with E-state index in [0.717, 1.165) is 55.4 Å². The van der Waals surface area contributed by atoms with Crippen molar-refractivity contribution in [1.29, 1.82) is 0 Å². The van der Waals surface area contributed by atoms with Gasteiger partial charge in [-0.25, -0.2) is 0 Å². The Morgan fingerprint density at radius 1 is 0.383 bits per heavy atom. The molecule has 2 aliphatic heterocycles. The maximum absolute atomic E-state index is 12.1. The van der Waals surface area contributed by atoms with E-state index in [1.807, 2.05) is 0 Å². The number of carbonyl (C=O) groups excluding carboxylic acids is 8. The molecular formula is C28H38O19. The number of esters is 8. The van der Waals surface area contributed by atoms with Crippen molar-refractivity contribution >= 4 is 47.8 Å². The zero-order valence-electron chi connectivity index (χ0n) is 26.9. The molecular weight excluding hydrogens is 640 g/mol. The maximum atomic E-state index is 12.1. The average Bonchev–Trinajstić information content (AvgIpc) is 2.91. The summed E-state index contributed by atoms with van der Waals surface area (Å²) in [5, 5.41) is 0. The molecule has 0 unspecified atom stereocenters. The van der Waals surface area contributed by atoms with E-state index < -0.39 is 122 Å². The maximum Gasteiger partial charge on any atom is 0.305 e. The van der Waals surface area contributed by atoms with Gasteiger partial charge in [0.15, 0.2) is 36.8 Å². The minimum absolute atomic E-state index is 0.541. The SMILES string of the molecule is CC(=O)OC[C@H]1O[C@@H](OC[C@H]2O[C@H](OC(C)=O)[C@@H](OC(C)=O)[C@@H](OC(C)=O)[C@@H]2OC(C)=O)[C@H](OC(C)=O)[C@@H](OC(C)=O)[C@@H]1OC(C)=O. The third kappa shape index (κ3) is 12.1. The number of hydrogen-bond acceptors (Lipinski definition) is 19. The topological polar surface area (TPSA) is 238 Å². The molecule has 2 rings (SSSR count). The lowest BCUT2D eigenvalue weighted by molar-refractivity contribution is -0.331. The predicted molar refractivity (Wildman–Crippen MR) is 145 cm³/mol. The summed E-state index contributed by atoms with van der Waals surface area (Å²) in [6.07, 6.45) is -15.6. The standard InChI is InChI=1S/C28H38O19/c1-11(29)37-9-19-21(39-12(2)30)23(41-14(4)32)25(43-16(6)34)27(46-19)38-10-20-22(40-13(3)31)24(42-15(5)33)26(44-17(7)35)28(47-20)45-18(8)36/h19-28H,9-10H2,1-8H3/t19-,20-,21-,22-,23+,24+,25-,26+,27-,28+/m1/s1. The minimum Gasteiger partial charge on any atom is -0.463 e. The molecule has 0 radical (unpaired) electrons. The third-order valence-corrected chi connectivity index (χ3v) is 6.15. The van der Waals surface area contributed by atoms with Crippen LogP contribution in [0.5, 0.6) is 0 Å². The second-order valence-corrected chi connectivity index (χ2v) is 10.3. The first-order valence-electron chi connectivity index (χ1n) is 14.2. The van der Waals surface area contributed by atoms with Gasteiger partial charge in [-0.3, -0.25) is 38.4 Å². The zero-order chi connectivity index (χ0) is 35.6. The Morgan fingerprint density at radius 2 is 0.702 bits per heavy atom. The summed E-state index contributed by atoms with van der Waals surface area (Å²) in [5.41, 5.74) is 0. The van der Waals surface area contributed by atoms with Gasteiger partial charge in [-0.1, -0.05) is 0 Å². The summed E-state index contributed by atoms with van der Waals surface area (Å²) in [6, 6.07) is 0. The molecule has 19 nitrogen and oxygen atoms in total. The molecule has 0 aromatic heterocycles. The molecule has 10 atom stereocenters. The number of ether oxygens (including phenoxy) is 11. The van der Waals surface area contributed by atoms with E-state index in [0.29, 0.717) is 0 Å². The van der Waals surface area contributed by atoms with E-state index in [1.54, 1.807) is 0 Å². The van der Waals surface area contributed by atoms with Crippen molar-refractivity contribution in [3.8, 4) is 0 Å². The molecule has 0 aromatic carbocycles. The molecule has 2 heterocycles. The Labute approximate surface area is 268 Å². The second kappa shape index (κ2) is 17.5. The molecule has 0 bridgehead atoms. The van der Waals surface area contributed by atoms with Gasteiger partial charge in [0.1, 0.15) is 18.8 Å². The lowest BCUT2D eigenvalue weighted by atomic mass is 9.97. The first-order chi connectivity index (χ1) is 21.9. The highest BCUT2D eigenvalue weighted by molar-refractivity contribution is 5.70. The summed E-state index contributed by atoms with van der Waals surface area (Å²) in [6.45, 7) is 7.09. The van der Waals surface area contributed by atoms with Gasteiger partial charge in [0.05, 0.1) is 6.61 Å². The van der Waals surface area contributed by atoms with Crippen molar-refractivity contribution in [3.05, 3.63) is 0 Å². The molecule has 47 heavy (non-hydrogen) atoms. The molecule has 2 fully saturated rings. The lowest BCUT2D eigenvalue weighted by Gasteiger charge is -2.46. The van der Waals surface area contributed by atoms with E-state index in [2.05, 4.69) is 0 Å². The molecule has 0 spiro atoms. The molecule has 0 saturated carbocycles. The highest BCUT2D eigenvalue weighted by Gasteiger charge is 2.56. The van der Waals surface area contributed by atoms with Crippen molar-refractivity contribution in [2.75, 3.05) is 13.2 Å². The molecule has 264 valence electrons. The van der Waals surface area contributed by atoms with Gasteiger partial charge >= 0.3 is 47.8 Å². The molecule has 0 N–H and O–H groups in total. The van der Waals surface area contributed by atoms with Crippen molar-refractivity contribution in [2.45, 2.75) is 117 Å². The fraction of sp³-hybridized carbons (Fsp3) is 0.714. The van der Waals surface area contributed by atoms with E-state index in [1.165, 1.54) is 0 Å². The van der Waals surface area contributed by atoms with E-state index in [4.69, 9.17) is 52.1 Å². The second-order valence-electron chi connectivity index (χ2n) is 10.3. The molecule has 0 amide bonds. The third-order valence-electron chi connectivity index (χ3n) is 6.15. The molecule has 0 aromatic rings. The van der Waals surface area contributed by atoms with Crippen molar-refractivity contribution in [1.82, 2.24) is 0 Å². The van der Waals surface area contributed by atoms with Crippen LogP contribution in [0, 0.1) is 0 Å². The fourth-order valence-electron chi connectivity index (χ4n) is 4.76. The van der Waals surface area contributed by atoms with Crippen LogP contribution in [0.1, 0.15) is 55.4 Å². The van der Waals surface area contributed by atoms with Crippen LogP contribution in [0.3, 0.4) is 0 Å². The van der Waals surface area contributed by atoms with Crippen molar-refractivity contribution in [2.24, 2.45) is 0 Å². The van der Waals surface area contributed by atoms with E-state index >= 15 is 0 Å². The van der Waals surface area contributed by atoms with Crippen LogP contribution >= 0.6 is 0 Å². The Bertz CT molecular complexity index is 1200. The fourth-order valence-corrected chi connectivity index (χ4v) is 4.76. The Balaban J connectivity index is 2.56. The number of carbonyl (C=O) groups is 8. The van der Waals surface area contributed by atoms with Gasteiger partial charge in [-0.2, -0.15) is 0 Å². The lowest BCUT2D eigenvalue weighted by Crippen LogP contribution is -2.65. The number of hydrogen-bond donors (Lipinski definition) is 0. The smallest absolute Gasteiger partial charge is 0.305 e. The van der Waals surface area contributed by atoms with Gasteiger partial charge in [0.2, 0.25) is 12.4 Å². The van der Waals surface area contributed by atoms with E-state index in [-0.39, 0.29) is 0 Å². The van der Waals surface area contributed by atoms with E-state index in [9.17, 15) is 38.4 Å². The van der Waals surface area contributed by atoms with Gasteiger partial charge in [-0.15, -0.1) is 0 Å². The first-order valence-corrected chi connectivity index (χ1v) is 14.2. The van der Waals surface area contributed by atoms with Crippen LogP contribution in [-0.2, 0) is 90.5 Å². The average molecular weight is 679 g/mol. The summed E-state index contributed by atoms with van der Waals surface area (Å²) >= 11 is 0. The Kier molecular flexibility index (Phi) is 14.5. The number of rotatable bonds is 12. The Hall–Kier alpha value is -4.36. The van der Waals surface area contributed by atoms with Crippen LogP contribution in [-0.4, -0.2) is 122 Å². The summed E-state index contributed by atoms with van der Waals surface area (Å²) in [7, 11) is 0. The summed E-state index contributed by atoms with van der Waals surface area (Å²) in [4.78, 5) is 95.9. The largest absolute Gasteiger partial charge is 0.463 e. The van der Waals surface area contributed by atoms with Gasteiger partial charge in [0, 0.05) is 55.4 Å². The molecule has 2 saturated heterocycles. The quantitative estimate of drug-likeness (QED) is 0.181. The van der Waals surface area contributed by atoms with Crippen LogP contribution in [0.25, 0.3) is 0 Å². The predicted octanol–water partition coefficient (Wildman–Crippen LogP) is -0.831. The first kappa shape index (κ1) is 38.8. The van der Waals surface area contributed by atoms with Gasteiger partial charge in [-0.05, 0) is 0 Å². The van der Waals surface area contributed by atoms with Crippen LogP contribution in [0.2, 0.25) is 0 Å². The summed E-state index contributed by atoms with van der Waals surface area (Å²) < 4.78 is 59.8. The monoisotopic (exact) mass is 678 g/mol. The molecule has 0 aliphatic carbocycles. The van der Waals surface area contributed by atoms with Crippen LogP contribution < -0.4 is 0 Å².